The molecule has 178 valence electrons. The molecule has 0 bridgehead atoms. The minimum absolute atomic E-state index is 0.303. The predicted octanol–water partition coefficient (Wildman–Crippen LogP) is 3.80. The Bertz CT molecular complexity index is 1210. The average molecular weight is 465 g/mol. The quantitative estimate of drug-likeness (QED) is 0.460. The number of tetrazole rings is 1. The van der Waals surface area contributed by atoms with Gasteiger partial charge in [0.1, 0.15) is 11.8 Å². The maximum Gasteiger partial charge on any atom is 0.255 e. The Kier molecular flexibility index (Phi) is 6.95. The van der Waals surface area contributed by atoms with Crippen LogP contribution in [-0.2, 0) is 4.79 Å². The fourth-order valence-corrected chi connectivity index (χ4v) is 3.85. The second-order valence-electron chi connectivity index (χ2n) is 7.78. The molecule has 2 aromatic carbocycles. The molecule has 1 aliphatic heterocycles. The number of benzene rings is 2. The molecule has 34 heavy (non-hydrogen) atoms. The van der Waals surface area contributed by atoms with Crippen molar-refractivity contribution in [2.45, 2.75) is 32.7 Å². The highest BCUT2D eigenvalue weighted by Gasteiger charge is 2.34. The summed E-state index contributed by atoms with van der Waals surface area (Å²) in [5.74, 6) is 1.92. The van der Waals surface area contributed by atoms with E-state index in [1.807, 2.05) is 37.3 Å². The minimum Gasteiger partial charge on any atom is -0.495 e. The molecule has 10 nitrogen and oxygen atoms in total. The summed E-state index contributed by atoms with van der Waals surface area (Å²) >= 11 is 0. The SMILES string of the molecule is CCCCOc1ccc([C@@H]2C(C(=O)Nc3ccccc3OC)=C(C)Nc3nnnn32)cc1OC. The third-order valence-corrected chi connectivity index (χ3v) is 5.57. The van der Waals surface area contributed by atoms with Crippen molar-refractivity contribution in [3.8, 4) is 17.2 Å². The Morgan fingerprint density at radius 3 is 2.68 bits per heavy atom. The molecule has 2 heterocycles. The molecule has 4 rings (SSSR count). The van der Waals surface area contributed by atoms with Gasteiger partial charge < -0.3 is 24.8 Å². The van der Waals surface area contributed by atoms with Crippen molar-refractivity contribution in [2.75, 3.05) is 31.5 Å². The molecule has 1 amide bonds. The molecule has 10 heteroatoms. The molecule has 0 saturated heterocycles. The molecule has 0 fully saturated rings. The van der Waals surface area contributed by atoms with Crippen molar-refractivity contribution >= 4 is 17.5 Å². The van der Waals surface area contributed by atoms with Crippen LogP contribution in [0.4, 0.5) is 11.6 Å². The van der Waals surface area contributed by atoms with Crippen molar-refractivity contribution in [3.05, 3.63) is 59.3 Å². The first kappa shape index (κ1) is 23.1. The third-order valence-electron chi connectivity index (χ3n) is 5.57. The van der Waals surface area contributed by atoms with Gasteiger partial charge in [-0.2, -0.15) is 4.68 Å². The fourth-order valence-electron chi connectivity index (χ4n) is 3.85. The fraction of sp³-hybridized carbons (Fsp3) is 0.333. The molecular formula is C24H28N6O4. The topological polar surface area (TPSA) is 112 Å². The van der Waals surface area contributed by atoms with Crippen molar-refractivity contribution in [1.82, 2.24) is 20.2 Å². The van der Waals surface area contributed by atoms with E-state index in [4.69, 9.17) is 14.2 Å². The molecule has 0 saturated carbocycles. The van der Waals surface area contributed by atoms with Crippen LogP contribution < -0.4 is 24.8 Å². The van der Waals surface area contributed by atoms with Gasteiger partial charge in [-0.05, 0) is 53.6 Å². The predicted molar refractivity (Wildman–Crippen MR) is 127 cm³/mol. The van der Waals surface area contributed by atoms with Crippen LogP contribution in [0.15, 0.2) is 53.7 Å². The third kappa shape index (κ3) is 4.52. The number of methoxy groups -OCH3 is 2. The maximum absolute atomic E-state index is 13.6. The summed E-state index contributed by atoms with van der Waals surface area (Å²) in [6.07, 6.45) is 1.98. The van der Waals surface area contributed by atoms with Gasteiger partial charge in [0.2, 0.25) is 5.95 Å². The number of nitrogens with one attached hydrogen (secondary N) is 2. The number of hydrogen-bond acceptors (Lipinski definition) is 8. The molecule has 0 aliphatic carbocycles. The average Bonchev–Trinajstić information content (AvgIpc) is 3.31. The van der Waals surface area contributed by atoms with Crippen LogP contribution in [0.1, 0.15) is 38.3 Å². The minimum atomic E-state index is -0.584. The van der Waals surface area contributed by atoms with E-state index in [2.05, 4.69) is 33.1 Å². The van der Waals surface area contributed by atoms with Crippen LogP contribution in [0.25, 0.3) is 0 Å². The van der Waals surface area contributed by atoms with E-state index in [0.29, 0.717) is 46.8 Å². The number of amides is 1. The molecular weight excluding hydrogens is 436 g/mol. The van der Waals surface area contributed by atoms with Crippen LogP contribution in [-0.4, -0.2) is 46.9 Å². The second kappa shape index (κ2) is 10.2. The van der Waals surface area contributed by atoms with Gasteiger partial charge in [-0.15, -0.1) is 0 Å². The van der Waals surface area contributed by atoms with E-state index >= 15 is 0 Å². The van der Waals surface area contributed by atoms with Gasteiger partial charge >= 0.3 is 0 Å². The van der Waals surface area contributed by atoms with Crippen LogP contribution in [0.5, 0.6) is 17.2 Å². The summed E-state index contributed by atoms with van der Waals surface area (Å²) in [6.45, 7) is 4.53. The Morgan fingerprint density at radius 2 is 1.91 bits per heavy atom. The summed E-state index contributed by atoms with van der Waals surface area (Å²) < 4.78 is 18.4. The van der Waals surface area contributed by atoms with Crippen LogP contribution in [0, 0.1) is 0 Å². The van der Waals surface area contributed by atoms with Gasteiger partial charge in [-0.3, -0.25) is 4.79 Å². The zero-order chi connectivity index (χ0) is 24.1. The number of ether oxygens (including phenoxy) is 3. The van der Waals surface area contributed by atoms with Gasteiger partial charge in [0.15, 0.2) is 11.5 Å². The normalized spacial score (nSPS) is 14.8. The monoisotopic (exact) mass is 464 g/mol. The summed E-state index contributed by atoms with van der Waals surface area (Å²) in [4.78, 5) is 13.6. The zero-order valence-corrected chi connectivity index (χ0v) is 19.7. The van der Waals surface area contributed by atoms with Crippen molar-refractivity contribution in [3.63, 3.8) is 0 Å². The number of anilines is 2. The summed E-state index contributed by atoms with van der Waals surface area (Å²) in [7, 11) is 3.15. The second-order valence-corrected chi connectivity index (χ2v) is 7.78. The van der Waals surface area contributed by atoms with Gasteiger partial charge in [0.05, 0.1) is 32.1 Å². The molecule has 0 unspecified atom stereocenters. The van der Waals surface area contributed by atoms with Gasteiger partial charge in [0.25, 0.3) is 5.91 Å². The molecule has 2 N–H and O–H groups in total. The van der Waals surface area contributed by atoms with Gasteiger partial charge in [-0.1, -0.05) is 36.6 Å². The number of aromatic nitrogens is 4. The highest BCUT2D eigenvalue weighted by atomic mass is 16.5. The highest BCUT2D eigenvalue weighted by Crippen LogP contribution is 2.39. The van der Waals surface area contributed by atoms with E-state index < -0.39 is 6.04 Å². The number of fused-ring (bicyclic) bond motifs is 1. The number of carbonyl (C=O) groups excluding carboxylic acids is 1. The molecule has 1 aromatic heterocycles. The Balaban J connectivity index is 1.72. The standard InChI is InChI=1S/C24H28N6O4/c1-5-6-13-34-19-12-11-16(14-20(19)33-4)22-21(15(2)25-24-27-28-29-30(22)24)23(31)26-17-9-7-8-10-18(17)32-3/h7-12,14,22H,5-6,13H2,1-4H3,(H,26,31)(H,25,27,29)/t22-/m1/s1. The maximum atomic E-state index is 13.6. The highest BCUT2D eigenvalue weighted by molar-refractivity contribution is 6.06. The Morgan fingerprint density at radius 1 is 1.12 bits per heavy atom. The smallest absolute Gasteiger partial charge is 0.255 e. The molecule has 1 atom stereocenters. The zero-order valence-electron chi connectivity index (χ0n) is 19.7. The lowest BCUT2D eigenvalue weighted by Crippen LogP contribution is -2.31. The number of allylic oxidation sites excluding steroid dienone is 1. The number of carbonyl (C=O) groups is 1. The summed E-state index contributed by atoms with van der Waals surface area (Å²) in [5, 5.41) is 18.1. The van der Waals surface area contributed by atoms with E-state index in [1.165, 1.54) is 0 Å². The molecule has 1 aliphatic rings. The number of rotatable bonds is 9. The molecule has 3 aromatic rings. The largest absolute Gasteiger partial charge is 0.495 e. The summed E-state index contributed by atoms with van der Waals surface area (Å²) in [5.41, 5.74) is 2.45. The van der Waals surface area contributed by atoms with Crippen molar-refractivity contribution in [2.24, 2.45) is 0 Å². The van der Waals surface area contributed by atoms with Crippen LogP contribution in [0.2, 0.25) is 0 Å². The lowest BCUT2D eigenvalue weighted by atomic mass is 9.94. The number of nitrogens with zero attached hydrogens (tertiary/aromatic N) is 4. The Hall–Kier alpha value is -4.08. The molecule has 0 spiro atoms. The summed E-state index contributed by atoms with van der Waals surface area (Å²) in [6, 6.07) is 12.3. The van der Waals surface area contributed by atoms with Crippen molar-refractivity contribution < 1.29 is 19.0 Å². The Labute approximate surface area is 197 Å². The van der Waals surface area contributed by atoms with Gasteiger partial charge in [0, 0.05) is 5.70 Å². The van der Waals surface area contributed by atoms with E-state index in [0.717, 1.165) is 18.4 Å². The van der Waals surface area contributed by atoms with Crippen molar-refractivity contribution in [1.29, 1.82) is 0 Å². The van der Waals surface area contributed by atoms with E-state index in [1.54, 1.807) is 31.0 Å². The first-order chi connectivity index (χ1) is 16.6. The first-order valence-corrected chi connectivity index (χ1v) is 11.1. The number of unbranched alkanes of at least 4 members (excludes halogenated alkanes) is 1. The lowest BCUT2D eigenvalue weighted by molar-refractivity contribution is -0.113. The first-order valence-electron chi connectivity index (χ1n) is 11.1. The molecule has 0 radical (unpaired) electrons. The lowest BCUT2D eigenvalue weighted by Gasteiger charge is -2.28. The van der Waals surface area contributed by atoms with E-state index in [9.17, 15) is 4.79 Å². The number of para-hydroxylation sites is 2. The number of hydrogen-bond donors (Lipinski definition) is 2. The van der Waals surface area contributed by atoms with Crippen LogP contribution >= 0.6 is 0 Å². The van der Waals surface area contributed by atoms with Gasteiger partial charge in [-0.25, -0.2) is 0 Å². The van der Waals surface area contributed by atoms with Crippen LogP contribution in [0.3, 0.4) is 0 Å². The van der Waals surface area contributed by atoms with E-state index in [-0.39, 0.29) is 5.91 Å².